The van der Waals surface area contributed by atoms with Crippen molar-refractivity contribution in [3.63, 3.8) is 0 Å². The quantitative estimate of drug-likeness (QED) is 0.893. The summed E-state index contributed by atoms with van der Waals surface area (Å²) in [5, 5.41) is 6.98. The first-order valence-corrected chi connectivity index (χ1v) is 7.42. The third-order valence-corrected chi connectivity index (χ3v) is 3.79. The van der Waals surface area contributed by atoms with Gasteiger partial charge in [0.1, 0.15) is 18.2 Å². The molecule has 0 aromatic carbocycles. The van der Waals surface area contributed by atoms with Crippen molar-refractivity contribution in [3.8, 4) is 0 Å². The Kier molecular flexibility index (Phi) is 4.59. The molecular formula is C14H23N5O2. The fourth-order valence-corrected chi connectivity index (χ4v) is 2.59. The lowest BCUT2D eigenvalue weighted by Crippen LogP contribution is -2.46. The molecule has 1 saturated heterocycles. The van der Waals surface area contributed by atoms with Gasteiger partial charge in [-0.3, -0.25) is 9.59 Å². The number of hydrogen-bond acceptors (Lipinski definition) is 4. The highest BCUT2D eigenvalue weighted by molar-refractivity contribution is 5.90. The Morgan fingerprint density at radius 2 is 2.14 bits per heavy atom. The Morgan fingerprint density at radius 3 is 2.76 bits per heavy atom. The molecular weight excluding hydrogens is 270 g/mol. The minimum Gasteiger partial charge on any atom is -0.344 e. The van der Waals surface area contributed by atoms with E-state index in [-0.39, 0.29) is 23.9 Å². The zero-order valence-electron chi connectivity index (χ0n) is 13.0. The monoisotopic (exact) mass is 293 g/mol. The highest BCUT2D eigenvalue weighted by Gasteiger charge is 2.33. The summed E-state index contributed by atoms with van der Waals surface area (Å²) in [6, 6.07) is -0.411. The molecule has 0 radical (unpaired) electrons. The summed E-state index contributed by atoms with van der Waals surface area (Å²) in [4.78, 5) is 30.4. The van der Waals surface area contributed by atoms with Crippen molar-refractivity contribution in [2.75, 3.05) is 0 Å². The van der Waals surface area contributed by atoms with Gasteiger partial charge in [0.05, 0.1) is 6.54 Å². The van der Waals surface area contributed by atoms with E-state index in [0.717, 1.165) is 5.82 Å². The lowest BCUT2D eigenvalue weighted by Gasteiger charge is -2.28. The number of carbonyl (C=O) groups excluding carboxylic acids is 2. The molecule has 7 heteroatoms. The summed E-state index contributed by atoms with van der Waals surface area (Å²) in [5.74, 6) is 0.624. The largest absolute Gasteiger partial charge is 0.344 e. The van der Waals surface area contributed by atoms with Crippen molar-refractivity contribution in [3.05, 3.63) is 12.2 Å². The van der Waals surface area contributed by atoms with Crippen molar-refractivity contribution in [1.29, 1.82) is 0 Å². The van der Waals surface area contributed by atoms with Crippen LogP contribution in [0.5, 0.6) is 0 Å². The zero-order chi connectivity index (χ0) is 15.6. The Hall–Kier alpha value is -1.92. The summed E-state index contributed by atoms with van der Waals surface area (Å²) in [7, 11) is 0. The molecule has 2 heterocycles. The molecule has 2 atom stereocenters. The topological polar surface area (TPSA) is 80.1 Å². The van der Waals surface area contributed by atoms with Crippen molar-refractivity contribution >= 4 is 11.8 Å². The van der Waals surface area contributed by atoms with Crippen LogP contribution in [0.1, 0.15) is 52.4 Å². The van der Waals surface area contributed by atoms with Gasteiger partial charge in [0, 0.05) is 18.5 Å². The maximum atomic E-state index is 12.6. The zero-order valence-corrected chi connectivity index (χ0v) is 13.0. The molecule has 1 aliphatic heterocycles. The van der Waals surface area contributed by atoms with E-state index in [9.17, 15) is 9.59 Å². The lowest BCUT2D eigenvalue weighted by atomic mass is 10.1. The average Bonchev–Trinajstić information content (AvgIpc) is 2.85. The molecule has 0 bridgehead atoms. The molecule has 7 nitrogen and oxygen atoms in total. The highest BCUT2D eigenvalue weighted by Crippen LogP contribution is 2.17. The third kappa shape index (κ3) is 3.22. The van der Waals surface area contributed by atoms with Gasteiger partial charge in [0.25, 0.3) is 0 Å². The maximum Gasteiger partial charge on any atom is 0.245 e. The van der Waals surface area contributed by atoms with E-state index in [1.165, 1.54) is 6.33 Å². The molecule has 2 amide bonds. The second kappa shape index (κ2) is 6.24. The van der Waals surface area contributed by atoms with Crippen molar-refractivity contribution < 1.29 is 9.59 Å². The minimum atomic E-state index is -0.446. The molecule has 0 spiro atoms. The number of nitrogens with zero attached hydrogens (tertiary/aromatic N) is 4. The van der Waals surface area contributed by atoms with Gasteiger partial charge in [-0.25, -0.2) is 9.67 Å². The number of hydrogen-bond donors (Lipinski definition) is 1. The lowest BCUT2D eigenvalue weighted by molar-refractivity contribution is -0.135. The molecule has 0 saturated carbocycles. The van der Waals surface area contributed by atoms with Crippen molar-refractivity contribution in [2.24, 2.45) is 0 Å². The normalized spacial score (nSPS) is 23.4. The molecule has 2 rings (SSSR count). The van der Waals surface area contributed by atoms with E-state index < -0.39 is 6.04 Å². The summed E-state index contributed by atoms with van der Waals surface area (Å²) in [6.45, 7) is 8.21. The van der Waals surface area contributed by atoms with Crippen LogP contribution in [0.3, 0.4) is 0 Å². The van der Waals surface area contributed by atoms with Crippen LogP contribution in [0.15, 0.2) is 6.33 Å². The van der Waals surface area contributed by atoms with Gasteiger partial charge in [0.2, 0.25) is 11.8 Å². The van der Waals surface area contributed by atoms with Gasteiger partial charge in [0.15, 0.2) is 0 Å². The summed E-state index contributed by atoms with van der Waals surface area (Å²) < 4.78 is 1.81. The summed E-state index contributed by atoms with van der Waals surface area (Å²) >= 11 is 0. The van der Waals surface area contributed by atoms with E-state index in [4.69, 9.17) is 0 Å². The number of nitrogens with one attached hydrogen (secondary N) is 1. The first kappa shape index (κ1) is 15.5. The molecule has 1 aliphatic rings. The summed E-state index contributed by atoms with van der Waals surface area (Å²) in [6.07, 6.45) is 2.41. The van der Waals surface area contributed by atoms with Crippen LogP contribution in [-0.4, -0.2) is 43.6 Å². The SMILES string of the molecule is CCC1NC(=O)CC(C)N(Cc2ncnn2C(C)C)C1=O. The molecule has 1 aromatic rings. The van der Waals surface area contributed by atoms with Gasteiger partial charge >= 0.3 is 0 Å². The van der Waals surface area contributed by atoms with Crippen LogP contribution >= 0.6 is 0 Å². The Balaban J connectivity index is 2.25. The third-order valence-electron chi connectivity index (χ3n) is 3.79. The van der Waals surface area contributed by atoms with Gasteiger partial charge in [-0.15, -0.1) is 0 Å². The van der Waals surface area contributed by atoms with Crippen LogP contribution in [0.4, 0.5) is 0 Å². The van der Waals surface area contributed by atoms with Gasteiger partial charge in [-0.1, -0.05) is 6.92 Å². The predicted octanol–water partition coefficient (Wildman–Crippen LogP) is 0.875. The molecule has 0 aliphatic carbocycles. The molecule has 116 valence electrons. The molecule has 21 heavy (non-hydrogen) atoms. The first-order chi connectivity index (χ1) is 9.93. The van der Waals surface area contributed by atoms with Gasteiger partial charge < -0.3 is 10.2 Å². The standard InChI is InChI=1S/C14H23N5O2/c1-5-11-14(21)18(10(4)6-13(20)17-11)7-12-15-8-16-19(12)9(2)3/h8-11H,5-7H2,1-4H3,(H,17,20). The fraction of sp³-hybridized carbons (Fsp3) is 0.714. The Morgan fingerprint density at radius 1 is 1.43 bits per heavy atom. The van der Waals surface area contributed by atoms with Gasteiger partial charge in [-0.05, 0) is 27.2 Å². The minimum absolute atomic E-state index is 0.0471. The highest BCUT2D eigenvalue weighted by atomic mass is 16.2. The number of aromatic nitrogens is 3. The van der Waals surface area contributed by atoms with E-state index in [1.807, 2.05) is 27.7 Å². The van der Waals surface area contributed by atoms with E-state index in [0.29, 0.717) is 19.4 Å². The summed E-state index contributed by atoms with van der Waals surface area (Å²) in [5.41, 5.74) is 0. The molecule has 2 unspecified atom stereocenters. The number of rotatable bonds is 4. The van der Waals surface area contributed by atoms with Crippen LogP contribution in [-0.2, 0) is 16.1 Å². The number of amides is 2. The first-order valence-electron chi connectivity index (χ1n) is 7.42. The van der Waals surface area contributed by atoms with Crippen LogP contribution in [0.25, 0.3) is 0 Å². The Bertz CT molecular complexity index is 525. The maximum absolute atomic E-state index is 12.6. The predicted molar refractivity (Wildman–Crippen MR) is 77.3 cm³/mol. The van der Waals surface area contributed by atoms with Crippen LogP contribution in [0.2, 0.25) is 0 Å². The van der Waals surface area contributed by atoms with Crippen molar-refractivity contribution in [2.45, 2.75) is 65.2 Å². The van der Waals surface area contributed by atoms with Crippen LogP contribution < -0.4 is 5.32 Å². The van der Waals surface area contributed by atoms with E-state index >= 15 is 0 Å². The number of carbonyl (C=O) groups is 2. The van der Waals surface area contributed by atoms with Crippen LogP contribution in [0, 0.1) is 0 Å². The smallest absolute Gasteiger partial charge is 0.245 e. The fourth-order valence-electron chi connectivity index (χ4n) is 2.59. The van der Waals surface area contributed by atoms with E-state index in [2.05, 4.69) is 15.4 Å². The molecule has 1 aromatic heterocycles. The molecule has 1 N–H and O–H groups in total. The molecule has 1 fully saturated rings. The average molecular weight is 293 g/mol. The van der Waals surface area contributed by atoms with E-state index in [1.54, 1.807) is 9.58 Å². The van der Waals surface area contributed by atoms with Crippen molar-refractivity contribution in [1.82, 2.24) is 25.0 Å². The van der Waals surface area contributed by atoms with Gasteiger partial charge in [-0.2, -0.15) is 5.10 Å². The second-order valence-electron chi connectivity index (χ2n) is 5.76. The Labute approximate surface area is 124 Å². The second-order valence-corrected chi connectivity index (χ2v) is 5.76.